The van der Waals surface area contributed by atoms with Gasteiger partial charge >= 0.3 is 6.09 Å². The number of nitrogens with one attached hydrogen (secondary N) is 1. The summed E-state index contributed by atoms with van der Waals surface area (Å²) >= 11 is 0. The molecular weight excluding hydrogens is 293 g/mol. The van der Waals surface area contributed by atoms with E-state index in [9.17, 15) is 9.36 Å². The molecule has 1 aromatic heterocycles. The summed E-state index contributed by atoms with van der Waals surface area (Å²) in [6.45, 7) is 10.0. The van der Waals surface area contributed by atoms with Gasteiger partial charge in [-0.15, -0.1) is 0 Å². The van der Waals surface area contributed by atoms with Crippen LogP contribution in [0, 0.1) is 0 Å². The van der Waals surface area contributed by atoms with Crippen LogP contribution in [0.1, 0.15) is 27.7 Å². The van der Waals surface area contributed by atoms with Crippen LogP contribution >= 0.6 is 7.37 Å². The Morgan fingerprint density at radius 2 is 2.14 bits per heavy atom. The maximum atomic E-state index is 12.2. The van der Waals surface area contributed by atoms with Crippen molar-refractivity contribution in [3.05, 3.63) is 12.4 Å². The normalized spacial score (nSPS) is 14.5. The second kappa shape index (κ2) is 7.09. The van der Waals surface area contributed by atoms with Gasteiger partial charge in [-0.1, -0.05) is 0 Å². The molecule has 120 valence electrons. The Morgan fingerprint density at radius 1 is 1.48 bits per heavy atom. The minimum atomic E-state index is -2.80. The van der Waals surface area contributed by atoms with E-state index in [-0.39, 0.29) is 0 Å². The molecular formula is C13H24N3O4P. The molecule has 0 saturated heterocycles. The number of nitrogens with zero attached hydrogens (tertiary/aromatic N) is 2. The molecule has 0 aromatic carbocycles. The third-order valence-corrected chi connectivity index (χ3v) is 4.39. The second-order valence-electron chi connectivity index (χ2n) is 5.65. The molecule has 1 rings (SSSR count). The molecule has 8 heteroatoms. The number of hydrogen-bond donors (Lipinski definition) is 1. The maximum absolute atomic E-state index is 12.2. The smallest absolute Gasteiger partial charge is 0.407 e. The zero-order valence-electron chi connectivity index (χ0n) is 13.3. The Kier molecular flexibility index (Phi) is 5.98. The topological polar surface area (TPSA) is 82.5 Å². The highest BCUT2D eigenvalue weighted by Crippen LogP contribution is 2.40. The fourth-order valence-electron chi connectivity index (χ4n) is 1.59. The van der Waals surface area contributed by atoms with Crippen LogP contribution in [0.25, 0.3) is 0 Å². The highest BCUT2D eigenvalue weighted by molar-refractivity contribution is 7.66. The summed E-state index contributed by atoms with van der Waals surface area (Å²) < 4.78 is 24.2. The number of carbonyl (C=O) groups excluding carboxylic acids is 1. The Hall–Kier alpha value is -1.33. The third kappa shape index (κ3) is 6.31. The van der Waals surface area contributed by atoms with E-state index in [1.54, 1.807) is 45.2 Å². The lowest BCUT2D eigenvalue weighted by Gasteiger charge is -2.19. The van der Waals surface area contributed by atoms with Crippen molar-refractivity contribution in [1.82, 2.24) is 15.1 Å². The molecule has 0 aliphatic carbocycles. The lowest BCUT2D eigenvalue weighted by atomic mass is 10.2. The van der Waals surface area contributed by atoms with Crippen LogP contribution in [-0.2, 0) is 20.4 Å². The first-order valence-electron chi connectivity index (χ1n) is 6.86. The number of aromatic nitrogens is 2. The molecule has 1 heterocycles. The Labute approximate surface area is 125 Å². The van der Waals surface area contributed by atoms with Crippen LogP contribution in [0.15, 0.2) is 12.4 Å². The van der Waals surface area contributed by atoms with Gasteiger partial charge in [-0.3, -0.25) is 9.25 Å². The van der Waals surface area contributed by atoms with Gasteiger partial charge in [-0.2, -0.15) is 5.10 Å². The summed E-state index contributed by atoms with van der Waals surface area (Å²) in [7, 11) is -2.80. The average Bonchev–Trinajstić information content (AvgIpc) is 2.75. The minimum Gasteiger partial charge on any atom is -0.444 e. The van der Waals surface area contributed by atoms with Crippen LogP contribution < -0.4 is 10.6 Å². The lowest BCUT2D eigenvalue weighted by molar-refractivity contribution is 0.0525. The largest absolute Gasteiger partial charge is 0.444 e. The summed E-state index contributed by atoms with van der Waals surface area (Å²) in [5.41, 5.74) is -0.519. The predicted molar refractivity (Wildman–Crippen MR) is 81.3 cm³/mol. The highest BCUT2D eigenvalue weighted by Gasteiger charge is 2.20. The molecule has 0 aliphatic heterocycles. The van der Waals surface area contributed by atoms with E-state index < -0.39 is 19.1 Å². The van der Waals surface area contributed by atoms with Crippen molar-refractivity contribution in [2.75, 3.05) is 19.8 Å². The molecule has 1 amide bonds. The van der Waals surface area contributed by atoms with Crippen LogP contribution in [0.4, 0.5) is 4.79 Å². The van der Waals surface area contributed by atoms with E-state index >= 15 is 0 Å². The molecule has 0 spiro atoms. The number of rotatable bonds is 6. The zero-order chi connectivity index (χ0) is 16.1. The van der Waals surface area contributed by atoms with Crippen molar-refractivity contribution in [1.29, 1.82) is 0 Å². The molecule has 0 aliphatic rings. The van der Waals surface area contributed by atoms with Crippen LogP contribution in [-0.4, -0.2) is 41.3 Å². The first kappa shape index (κ1) is 17.7. The van der Waals surface area contributed by atoms with Gasteiger partial charge in [0.1, 0.15) is 5.60 Å². The Balaban J connectivity index is 2.46. The van der Waals surface area contributed by atoms with Crippen molar-refractivity contribution >= 4 is 18.8 Å². The summed E-state index contributed by atoms with van der Waals surface area (Å²) in [4.78, 5) is 11.5. The van der Waals surface area contributed by atoms with E-state index in [4.69, 9.17) is 9.26 Å². The molecule has 1 aromatic rings. The summed E-state index contributed by atoms with van der Waals surface area (Å²) in [6.07, 6.45) is 2.74. The molecule has 7 nitrogen and oxygen atoms in total. The summed E-state index contributed by atoms with van der Waals surface area (Å²) in [6, 6.07) is 0. The van der Waals surface area contributed by atoms with E-state index in [1.165, 1.54) is 6.20 Å². The van der Waals surface area contributed by atoms with Crippen molar-refractivity contribution in [3.63, 3.8) is 0 Å². The number of ether oxygens (including phenoxy) is 1. The minimum absolute atomic E-state index is 0.374. The predicted octanol–water partition coefficient (Wildman–Crippen LogP) is 1.98. The molecule has 0 saturated carbocycles. The molecule has 0 bridgehead atoms. The fraction of sp³-hybridized carbons (Fsp3) is 0.692. The van der Waals surface area contributed by atoms with Gasteiger partial charge in [0.2, 0.25) is 7.37 Å². The van der Waals surface area contributed by atoms with Gasteiger partial charge in [-0.05, 0) is 27.7 Å². The maximum Gasteiger partial charge on any atom is 0.407 e. The van der Waals surface area contributed by atoms with Crippen molar-refractivity contribution in [2.45, 2.75) is 39.8 Å². The molecule has 1 atom stereocenters. The van der Waals surface area contributed by atoms with Crippen LogP contribution in [0.2, 0.25) is 0 Å². The number of alkyl carbamates (subject to hydrolysis) is 1. The van der Waals surface area contributed by atoms with E-state index in [0.717, 1.165) is 0 Å². The first-order chi connectivity index (χ1) is 9.64. The summed E-state index contributed by atoms with van der Waals surface area (Å²) in [5.74, 6) is 0. The third-order valence-electron chi connectivity index (χ3n) is 2.47. The Bertz CT molecular complexity index is 522. The number of hydrogen-bond acceptors (Lipinski definition) is 5. The average molecular weight is 317 g/mol. The van der Waals surface area contributed by atoms with Crippen molar-refractivity contribution in [2.24, 2.45) is 0 Å². The van der Waals surface area contributed by atoms with E-state index in [1.807, 2.05) is 0 Å². The van der Waals surface area contributed by atoms with Gasteiger partial charge < -0.3 is 14.6 Å². The molecule has 21 heavy (non-hydrogen) atoms. The Morgan fingerprint density at radius 3 is 2.71 bits per heavy atom. The number of carbonyl (C=O) groups is 1. The van der Waals surface area contributed by atoms with Gasteiger partial charge in [0, 0.05) is 19.4 Å². The zero-order valence-corrected chi connectivity index (χ0v) is 14.1. The highest BCUT2D eigenvalue weighted by atomic mass is 31.2. The van der Waals surface area contributed by atoms with Crippen molar-refractivity contribution < 1.29 is 18.6 Å². The monoisotopic (exact) mass is 317 g/mol. The fourth-order valence-corrected chi connectivity index (χ4v) is 2.84. The van der Waals surface area contributed by atoms with Crippen molar-refractivity contribution in [3.8, 4) is 0 Å². The van der Waals surface area contributed by atoms with E-state index in [0.29, 0.717) is 25.0 Å². The molecule has 1 unspecified atom stereocenters. The quantitative estimate of drug-likeness (QED) is 0.811. The first-order valence-corrected chi connectivity index (χ1v) is 8.93. The molecule has 0 fully saturated rings. The molecule has 0 radical (unpaired) electrons. The second-order valence-corrected chi connectivity index (χ2v) is 8.12. The van der Waals surface area contributed by atoms with Gasteiger partial charge in [0.15, 0.2) is 0 Å². The van der Waals surface area contributed by atoms with Gasteiger partial charge in [0.25, 0.3) is 0 Å². The molecule has 1 N–H and O–H groups in total. The SMILES string of the molecule is CCOP(C)(=O)c1cnn(CCNC(=O)OC(C)(C)C)c1. The lowest BCUT2D eigenvalue weighted by Crippen LogP contribution is -2.34. The van der Waals surface area contributed by atoms with Crippen LogP contribution in [0.3, 0.4) is 0 Å². The summed E-state index contributed by atoms with van der Waals surface area (Å²) in [5, 5.41) is 7.32. The van der Waals surface area contributed by atoms with E-state index in [2.05, 4.69) is 10.4 Å². The van der Waals surface area contributed by atoms with Gasteiger partial charge in [0.05, 0.1) is 24.7 Å². The van der Waals surface area contributed by atoms with Gasteiger partial charge in [-0.25, -0.2) is 4.79 Å². The van der Waals surface area contributed by atoms with Crippen LogP contribution in [0.5, 0.6) is 0 Å². The standard InChI is InChI=1S/C13H24N3O4P/c1-6-19-21(5,18)11-9-15-16(10-11)8-7-14-12(17)20-13(2,3)4/h9-10H,6-8H2,1-5H3,(H,14,17). The number of amides is 1.